The number of hydrogen-bond donors (Lipinski definition) is 2. The molecule has 0 aliphatic rings. The predicted octanol–water partition coefficient (Wildman–Crippen LogP) is 4.19. The number of pyridine rings is 1. The molecule has 7 nitrogen and oxygen atoms in total. The number of carbonyl (C=O) groups excluding carboxylic acids is 2. The van der Waals surface area contributed by atoms with E-state index in [1.807, 2.05) is 26.8 Å². The Morgan fingerprint density at radius 1 is 1.17 bits per heavy atom. The number of amides is 2. The third-order valence-electron chi connectivity index (χ3n) is 4.07. The Balaban J connectivity index is 2.02. The second kappa shape index (κ2) is 9.28. The minimum absolute atomic E-state index is 0.0487. The normalized spacial score (nSPS) is 10.9. The summed E-state index contributed by atoms with van der Waals surface area (Å²) in [5.41, 5.74) is 1.74. The third kappa shape index (κ3) is 4.91. The van der Waals surface area contributed by atoms with Gasteiger partial charge in [0.25, 0.3) is 16.8 Å². The zero-order chi connectivity index (χ0) is 22.0. The lowest BCUT2D eigenvalue weighted by molar-refractivity contribution is -0.289. The van der Waals surface area contributed by atoms with Crippen LogP contribution in [0.25, 0.3) is 5.82 Å². The van der Waals surface area contributed by atoms with E-state index < -0.39 is 5.91 Å². The van der Waals surface area contributed by atoms with Crippen LogP contribution in [0.2, 0.25) is 5.02 Å². The first-order valence-electron chi connectivity index (χ1n) is 8.97. The number of anilines is 1. The summed E-state index contributed by atoms with van der Waals surface area (Å²) in [5, 5.41) is 10.5. The summed E-state index contributed by atoms with van der Waals surface area (Å²) < 4.78 is 2.58. The van der Waals surface area contributed by atoms with Crippen molar-refractivity contribution < 1.29 is 21.2 Å². The number of aromatic nitrogens is 3. The van der Waals surface area contributed by atoms with Gasteiger partial charge in [0.2, 0.25) is 5.82 Å². The Labute approximate surface area is 195 Å². The first kappa shape index (κ1) is 22.5. The average Bonchev–Trinajstić information content (AvgIpc) is 3.05. The molecule has 2 heterocycles. The monoisotopic (exact) mass is 554 g/mol. The lowest BCUT2D eigenvalue weighted by Crippen LogP contribution is -2.31. The van der Waals surface area contributed by atoms with Gasteiger partial charge in [0.05, 0.1) is 11.3 Å². The summed E-state index contributed by atoms with van der Waals surface area (Å²) in [5.74, 6) is -0.358. The topological polar surface area (TPSA) is 88.9 Å². The number of nitrogens with zero attached hydrogens (tertiary/aromatic N) is 3. The molecular weight excluding hydrogens is 538 g/mol. The van der Waals surface area contributed by atoms with Gasteiger partial charge in [-0.1, -0.05) is 15.9 Å². The molecule has 0 saturated heterocycles. The molecule has 1 aromatic carbocycles. The van der Waals surface area contributed by atoms with Gasteiger partial charge in [0.15, 0.2) is 11.6 Å². The van der Waals surface area contributed by atoms with Gasteiger partial charge < -0.3 is 10.6 Å². The molecule has 2 amide bonds. The van der Waals surface area contributed by atoms with Crippen LogP contribution in [0, 0.1) is 18.5 Å². The first-order valence-corrected chi connectivity index (χ1v) is 11.0. The number of aryl methyl sites for hydroxylation is 1. The van der Waals surface area contributed by atoms with Gasteiger partial charge in [-0.3, -0.25) is 9.59 Å². The van der Waals surface area contributed by atoms with Crippen LogP contribution >= 0.6 is 31.9 Å². The van der Waals surface area contributed by atoms with Crippen molar-refractivity contribution >= 4 is 49.4 Å². The van der Waals surface area contributed by atoms with Crippen molar-refractivity contribution in [3.63, 3.8) is 0 Å². The summed E-state index contributed by atoms with van der Waals surface area (Å²) in [6, 6.07) is 8.45. The zero-order valence-electron chi connectivity index (χ0n) is 16.4. The Morgan fingerprint density at radius 3 is 2.57 bits per heavy atom. The van der Waals surface area contributed by atoms with Crippen LogP contribution in [0.1, 0.15) is 40.3 Å². The standard InChI is InChI=1S/C20H18Br2ClN5O2/c1-10(2)25-19(29)13-8-12(21)7-11(3)17(13)26-20(30)15-9-16(22)27-28(15)18-14(23)5-4-6-24-18/h4-10,23H,1-3H3,(H-,25,26,29,30)/p+1. The maximum absolute atomic E-state index is 13.2. The largest absolute Gasteiger partial charge is 0.350 e. The van der Waals surface area contributed by atoms with Gasteiger partial charge in [0.1, 0.15) is 10.3 Å². The van der Waals surface area contributed by atoms with E-state index in [1.54, 1.807) is 30.5 Å². The van der Waals surface area contributed by atoms with Gasteiger partial charge in [-0.05, 0) is 60.5 Å². The summed E-state index contributed by atoms with van der Waals surface area (Å²) in [4.78, 5) is 30.1. The fraction of sp³-hybridized carbons (Fsp3) is 0.200. The number of hydrogen-bond acceptors (Lipinski definition) is 4. The fourth-order valence-corrected chi connectivity index (χ4v) is 3.99. The second-order valence-corrected chi connectivity index (χ2v) is 8.98. The molecule has 0 fully saturated rings. The summed E-state index contributed by atoms with van der Waals surface area (Å²) in [6.45, 7) is 5.56. The van der Waals surface area contributed by atoms with E-state index in [0.29, 0.717) is 26.7 Å². The maximum Gasteiger partial charge on any atom is 0.274 e. The molecule has 2 N–H and O–H groups in total. The van der Waals surface area contributed by atoms with Crippen LogP contribution in [-0.2, 0) is 0 Å². The molecule has 0 atom stereocenters. The SMILES string of the molecule is Cc1cc(Br)cc(C(=O)NC(C)C)c1NC(=O)c1cc(Br)nn1-c1ncccc1[ClH+]. The van der Waals surface area contributed by atoms with E-state index in [0.717, 1.165) is 10.0 Å². The first-order chi connectivity index (χ1) is 14.2. The molecule has 3 rings (SSSR count). The quantitative estimate of drug-likeness (QED) is 0.494. The van der Waals surface area contributed by atoms with E-state index in [2.05, 4.69) is 52.6 Å². The van der Waals surface area contributed by atoms with Crippen molar-refractivity contribution in [3.05, 3.63) is 67.4 Å². The van der Waals surface area contributed by atoms with E-state index in [4.69, 9.17) is 11.6 Å². The van der Waals surface area contributed by atoms with Crippen LogP contribution in [0.15, 0.2) is 45.6 Å². The molecule has 156 valence electrons. The van der Waals surface area contributed by atoms with Gasteiger partial charge in [-0.25, -0.2) is 9.67 Å². The van der Waals surface area contributed by atoms with Gasteiger partial charge in [-0.15, -0.1) is 0 Å². The highest BCUT2D eigenvalue weighted by atomic mass is 79.9. The third-order valence-corrected chi connectivity index (χ3v) is 5.23. The molecule has 0 aliphatic heterocycles. The number of nitrogens with one attached hydrogen (secondary N) is 2. The van der Waals surface area contributed by atoms with Crippen molar-refractivity contribution in [2.24, 2.45) is 0 Å². The summed E-state index contributed by atoms with van der Waals surface area (Å²) in [7, 11) is 0. The molecule has 30 heavy (non-hydrogen) atoms. The Morgan fingerprint density at radius 2 is 1.90 bits per heavy atom. The summed E-state index contributed by atoms with van der Waals surface area (Å²) >= 11 is 12.0. The molecule has 0 bridgehead atoms. The van der Waals surface area contributed by atoms with Crippen LogP contribution in [0.3, 0.4) is 0 Å². The van der Waals surface area contributed by atoms with Crippen molar-refractivity contribution in [2.45, 2.75) is 26.8 Å². The van der Waals surface area contributed by atoms with E-state index in [9.17, 15) is 9.59 Å². The minimum Gasteiger partial charge on any atom is -0.350 e. The number of rotatable bonds is 5. The molecule has 2 aromatic heterocycles. The van der Waals surface area contributed by atoms with E-state index in [1.165, 1.54) is 4.68 Å². The predicted molar refractivity (Wildman–Crippen MR) is 119 cm³/mol. The fourth-order valence-electron chi connectivity index (χ4n) is 2.82. The second-order valence-electron chi connectivity index (χ2n) is 6.82. The van der Waals surface area contributed by atoms with Crippen LogP contribution in [0.5, 0.6) is 0 Å². The lowest BCUT2D eigenvalue weighted by Gasteiger charge is -2.16. The van der Waals surface area contributed by atoms with E-state index >= 15 is 0 Å². The molecule has 0 aliphatic carbocycles. The van der Waals surface area contributed by atoms with Crippen LogP contribution in [0.4, 0.5) is 5.69 Å². The van der Waals surface area contributed by atoms with Crippen molar-refractivity contribution in [1.82, 2.24) is 20.1 Å². The zero-order valence-corrected chi connectivity index (χ0v) is 20.4. The Bertz CT molecular complexity index is 1130. The molecule has 3 aromatic rings. The van der Waals surface area contributed by atoms with Gasteiger partial charge >= 0.3 is 0 Å². The van der Waals surface area contributed by atoms with Crippen LogP contribution in [-0.4, -0.2) is 32.6 Å². The molecule has 10 heteroatoms. The van der Waals surface area contributed by atoms with E-state index in [-0.39, 0.29) is 17.6 Å². The average molecular weight is 557 g/mol. The summed E-state index contributed by atoms with van der Waals surface area (Å²) in [6.07, 6.45) is 1.58. The molecular formula is C20H19Br2ClN5O2+. The maximum atomic E-state index is 13.2. The van der Waals surface area contributed by atoms with Crippen molar-refractivity contribution in [2.75, 3.05) is 5.32 Å². The number of benzene rings is 1. The molecule has 0 saturated carbocycles. The highest BCUT2D eigenvalue weighted by Gasteiger charge is 2.23. The molecule has 0 spiro atoms. The number of halogens is 3. The highest BCUT2D eigenvalue weighted by Crippen LogP contribution is 2.27. The molecule has 0 radical (unpaired) electrons. The smallest absolute Gasteiger partial charge is 0.274 e. The van der Waals surface area contributed by atoms with Crippen molar-refractivity contribution in [1.29, 1.82) is 0 Å². The Hall–Kier alpha value is -2.23. The minimum atomic E-state index is -0.447. The van der Waals surface area contributed by atoms with Crippen LogP contribution < -0.4 is 10.6 Å². The lowest BCUT2D eigenvalue weighted by atomic mass is 10.1. The highest BCUT2D eigenvalue weighted by molar-refractivity contribution is 9.10. The molecule has 0 unspecified atom stereocenters. The van der Waals surface area contributed by atoms with Gasteiger partial charge in [-0.2, -0.15) is 5.10 Å². The van der Waals surface area contributed by atoms with Crippen molar-refractivity contribution in [3.8, 4) is 5.82 Å². The Kier molecular flexibility index (Phi) is 6.95. The number of carbonyl (C=O) groups is 2. The van der Waals surface area contributed by atoms with Gasteiger partial charge in [0, 0.05) is 28.8 Å².